The number of nitroso groups, excluding NO2 is 1. The number of carbonyl (C=O) groups is 1. The van der Waals surface area contributed by atoms with Crippen LogP contribution in [0, 0.1) is 4.91 Å². The van der Waals surface area contributed by atoms with Gasteiger partial charge >= 0.3 is 0 Å². The largest absolute Gasteiger partial charge is 0.493 e. The topological polar surface area (TPSA) is 98.2 Å². The van der Waals surface area contributed by atoms with Gasteiger partial charge in [-0.15, -0.1) is 4.91 Å². The average Bonchev–Trinajstić information content (AvgIpc) is 2.87. The third-order valence-electron chi connectivity index (χ3n) is 5.05. The first-order chi connectivity index (χ1) is 16.6. The second kappa shape index (κ2) is 12.2. The summed E-state index contributed by atoms with van der Waals surface area (Å²) in [4.78, 5) is 23.0. The predicted molar refractivity (Wildman–Crippen MR) is 133 cm³/mol. The highest BCUT2D eigenvalue weighted by atomic mass is 16.5. The zero-order valence-electron chi connectivity index (χ0n) is 19.3. The Morgan fingerprint density at radius 1 is 0.882 bits per heavy atom. The maximum Gasteiger partial charge on any atom is 0.248 e. The van der Waals surface area contributed by atoms with E-state index in [0.717, 1.165) is 16.7 Å². The molecule has 8 nitrogen and oxygen atoms in total. The number of benzene rings is 3. The zero-order chi connectivity index (χ0) is 24.3. The molecule has 0 fully saturated rings. The fourth-order valence-electron chi connectivity index (χ4n) is 3.34. The van der Waals surface area contributed by atoms with Crippen molar-refractivity contribution in [3.63, 3.8) is 0 Å². The average molecular weight is 462 g/mol. The van der Waals surface area contributed by atoms with Crippen molar-refractivity contribution in [2.24, 2.45) is 5.18 Å². The molecule has 0 bridgehead atoms. The van der Waals surface area contributed by atoms with Gasteiger partial charge in [0.2, 0.25) is 11.7 Å². The summed E-state index contributed by atoms with van der Waals surface area (Å²) in [6, 6.07) is 18.3. The molecule has 34 heavy (non-hydrogen) atoms. The minimum absolute atomic E-state index is 0.188. The number of rotatable bonds is 11. The molecule has 0 aliphatic heterocycles. The molecule has 0 saturated carbocycles. The van der Waals surface area contributed by atoms with Crippen LogP contribution in [0.5, 0.6) is 17.2 Å². The monoisotopic (exact) mass is 461 g/mol. The van der Waals surface area contributed by atoms with E-state index in [1.54, 1.807) is 51.7 Å². The van der Waals surface area contributed by atoms with Crippen molar-refractivity contribution in [1.82, 2.24) is 5.32 Å². The van der Waals surface area contributed by atoms with Crippen LogP contribution in [0.25, 0.3) is 6.08 Å². The second-order valence-electron chi connectivity index (χ2n) is 7.31. The summed E-state index contributed by atoms with van der Waals surface area (Å²) in [5.41, 5.74) is 3.55. The minimum atomic E-state index is -0.341. The van der Waals surface area contributed by atoms with E-state index in [4.69, 9.17) is 14.2 Å². The first-order valence-corrected chi connectivity index (χ1v) is 10.6. The Labute approximate surface area is 198 Å². The van der Waals surface area contributed by atoms with Gasteiger partial charge in [0.1, 0.15) is 5.69 Å². The zero-order valence-corrected chi connectivity index (χ0v) is 19.3. The number of hydrogen-bond donors (Lipinski definition) is 2. The first kappa shape index (κ1) is 24.5. The fourth-order valence-corrected chi connectivity index (χ4v) is 3.34. The molecule has 3 aromatic rings. The molecule has 0 atom stereocenters. The summed E-state index contributed by atoms with van der Waals surface area (Å²) >= 11 is 0. The highest BCUT2D eigenvalue weighted by Gasteiger charge is 2.13. The molecule has 0 aliphatic carbocycles. The van der Waals surface area contributed by atoms with Crippen LogP contribution in [0.1, 0.15) is 16.7 Å². The quantitative estimate of drug-likeness (QED) is 0.306. The number of nitrogens with one attached hydrogen (secondary N) is 2. The van der Waals surface area contributed by atoms with Crippen molar-refractivity contribution < 1.29 is 19.0 Å². The van der Waals surface area contributed by atoms with Crippen LogP contribution >= 0.6 is 0 Å². The Kier molecular flexibility index (Phi) is 8.76. The van der Waals surface area contributed by atoms with E-state index in [1.165, 1.54) is 6.08 Å². The summed E-state index contributed by atoms with van der Waals surface area (Å²) in [7, 11) is 4.76. The molecule has 3 rings (SSSR count). The summed E-state index contributed by atoms with van der Waals surface area (Å²) < 4.78 is 16.1. The smallest absolute Gasteiger partial charge is 0.248 e. The fraction of sp³-hybridized carbons (Fsp3) is 0.192. The number of carbonyl (C=O) groups excluding carboxylic acids is 1. The van der Waals surface area contributed by atoms with Crippen molar-refractivity contribution in [3.05, 3.63) is 88.3 Å². The lowest BCUT2D eigenvalue weighted by atomic mass is 10.1. The molecule has 0 radical (unpaired) electrons. The standard InChI is InChI=1S/C26H27N3O5/c1-32-23-14-20(15-24(33-2)26(23)34-3)17-27-16-19-10-8-18(9-11-19)12-13-25(30)28-21-6-4-5-7-22(21)29-31/h4-15,27H,16-17H2,1-3H3,(H,28,30)/b13-12+. The molecule has 0 unspecified atom stereocenters. The lowest BCUT2D eigenvalue weighted by molar-refractivity contribution is -0.111. The van der Waals surface area contributed by atoms with E-state index >= 15 is 0 Å². The highest BCUT2D eigenvalue weighted by Crippen LogP contribution is 2.38. The molecule has 176 valence electrons. The number of hydrogen-bond acceptors (Lipinski definition) is 7. The highest BCUT2D eigenvalue weighted by molar-refractivity contribution is 6.03. The molecule has 0 heterocycles. The van der Waals surface area contributed by atoms with Gasteiger partial charge in [-0.25, -0.2) is 0 Å². The maximum absolute atomic E-state index is 12.2. The Bertz CT molecular complexity index is 1130. The van der Waals surface area contributed by atoms with Gasteiger partial charge in [-0.2, -0.15) is 0 Å². The van der Waals surface area contributed by atoms with Gasteiger partial charge in [0.05, 0.1) is 27.0 Å². The van der Waals surface area contributed by atoms with Gasteiger partial charge in [-0.1, -0.05) is 36.4 Å². The van der Waals surface area contributed by atoms with Crippen molar-refractivity contribution in [3.8, 4) is 17.2 Å². The van der Waals surface area contributed by atoms with Crippen molar-refractivity contribution in [1.29, 1.82) is 0 Å². The molecule has 1 amide bonds. The van der Waals surface area contributed by atoms with E-state index in [-0.39, 0.29) is 11.6 Å². The Morgan fingerprint density at radius 3 is 2.15 bits per heavy atom. The van der Waals surface area contributed by atoms with Crippen molar-refractivity contribution in [2.75, 3.05) is 26.6 Å². The van der Waals surface area contributed by atoms with Crippen LogP contribution < -0.4 is 24.8 Å². The van der Waals surface area contributed by atoms with Crippen LogP contribution in [0.2, 0.25) is 0 Å². The summed E-state index contributed by atoms with van der Waals surface area (Å²) in [6.45, 7) is 1.28. The third kappa shape index (κ3) is 6.43. The number of anilines is 1. The van der Waals surface area contributed by atoms with Crippen LogP contribution in [0.3, 0.4) is 0 Å². The molecule has 0 aliphatic rings. The molecular formula is C26H27N3O5. The SMILES string of the molecule is COc1cc(CNCc2ccc(/C=C/C(=O)Nc3ccccc3N=O)cc2)cc(OC)c1OC. The van der Waals surface area contributed by atoms with E-state index < -0.39 is 0 Å². The van der Waals surface area contributed by atoms with Crippen LogP contribution in [-0.2, 0) is 17.9 Å². The molecule has 0 aromatic heterocycles. The maximum atomic E-state index is 12.2. The van der Waals surface area contributed by atoms with Gasteiger partial charge in [-0.3, -0.25) is 4.79 Å². The first-order valence-electron chi connectivity index (χ1n) is 10.6. The lowest BCUT2D eigenvalue weighted by Gasteiger charge is -2.14. The Balaban J connectivity index is 1.54. The molecule has 2 N–H and O–H groups in total. The summed E-state index contributed by atoms with van der Waals surface area (Å²) in [6.07, 6.45) is 3.12. The molecule has 0 saturated heterocycles. The normalized spacial score (nSPS) is 10.7. The van der Waals surface area contributed by atoms with Crippen molar-refractivity contribution >= 4 is 23.4 Å². The van der Waals surface area contributed by atoms with E-state index in [0.29, 0.717) is 36.0 Å². The van der Waals surface area contributed by atoms with Gasteiger partial charge in [0.15, 0.2) is 11.5 Å². The number of nitrogens with zero attached hydrogens (tertiary/aromatic N) is 1. The van der Waals surface area contributed by atoms with Crippen LogP contribution in [0.15, 0.2) is 71.9 Å². The lowest BCUT2D eigenvalue weighted by Crippen LogP contribution is -2.13. The summed E-state index contributed by atoms with van der Waals surface area (Å²) in [5.74, 6) is 1.46. The Hall–Kier alpha value is -4.17. The number of ether oxygens (including phenoxy) is 3. The van der Waals surface area contributed by atoms with E-state index in [2.05, 4.69) is 15.8 Å². The minimum Gasteiger partial charge on any atom is -0.493 e. The van der Waals surface area contributed by atoms with Gasteiger partial charge in [-0.05, 0) is 52.2 Å². The number of methoxy groups -OCH3 is 3. The van der Waals surface area contributed by atoms with Gasteiger partial charge in [0, 0.05) is 19.2 Å². The van der Waals surface area contributed by atoms with Gasteiger partial charge in [0.25, 0.3) is 0 Å². The van der Waals surface area contributed by atoms with E-state index in [1.807, 2.05) is 36.4 Å². The van der Waals surface area contributed by atoms with Crippen LogP contribution in [-0.4, -0.2) is 27.2 Å². The third-order valence-corrected chi connectivity index (χ3v) is 5.05. The molecule has 0 spiro atoms. The second-order valence-corrected chi connectivity index (χ2v) is 7.31. The number of amides is 1. The Morgan fingerprint density at radius 2 is 1.53 bits per heavy atom. The van der Waals surface area contributed by atoms with Crippen molar-refractivity contribution in [2.45, 2.75) is 13.1 Å². The molecular weight excluding hydrogens is 434 g/mol. The predicted octanol–water partition coefficient (Wildman–Crippen LogP) is 5.05. The molecule has 8 heteroatoms. The van der Waals surface area contributed by atoms with E-state index in [9.17, 15) is 9.70 Å². The van der Waals surface area contributed by atoms with Crippen LogP contribution in [0.4, 0.5) is 11.4 Å². The van der Waals surface area contributed by atoms with Gasteiger partial charge < -0.3 is 24.8 Å². The molecule has 3 aromatic carbocycles. The summed E-state index contributed by atoms with van der Waals surface area (Å²) in [5, 5.41) is 8.96. The number of para-hydroxylation sites is 1.